The first kappa shape index (κ1) is 14.4. The summed E-state index contributed by atoms with van der Waals surface area (Å²) < 4.78 is 5.55. The molecule has 0 aromatic carbocycles. The van der Waals surface area contributed by atoms with Gasteiger partial charge in [-0.2, -0.15) is 4.98 Å². The first-order valence-corrected chi connectivity index (χ1v) is 8.07. The third-order valence-corrected chi connectivity index (χ3v) is 5.53. The number of nitrogens with zero attached hydrogens (tertiary/aromatic N) is 4. The van der Waals surface area contributed by atoms with Crippen LogP contribution >= 0.6 is 0 Å². The Hall–Kier alpha value is -2.24. The molecule has 6 nitrogen and oxygen atoms in total. The molecular weight excluding hydrogens is 292 g/mol. The molecule has 1 atom stereocenters. The van der Waals surface area contributed by atoms with Crippen LogP contribution in [0.2, 0.25) is 0 Å². The van der Waals surface area contributed by atoms with Crippen molar-refractivity contribution in [1.29, 1.82) is 0 Å². The molecule has 3 heterocycles. The van der Waals surface area contributed by atoms with E-state index in [1.54, 1.807) is 17.3 Å². The van der Waals surface area contributed by atoms with Crippen LogP contribution in [0.1, 0.15) is 49.9 Å². The van der Waals surface area contributed by atoms with Crippen molar-refractivity contribution < 1.29 is 9.32 Å². The second-order valence-corrected chi connectivity index (χ2v) is 6.90. The summed E-state index contributed by atoms with van der Waals surface area (Å²) in [6, 6.07) is 4.04. The minimum Gasteiger partial charge on any atom is -0.345 e. The van der Waals surface area contributed by atoms with Crippen LogP contribution in [-0.4, -0.2) is 39.5 Å². The number of likely N-dealkylation sites (tertiary alicyclic amines) is 1. The van der Waals surface area contributed by atoms with Crippen molar-refractivity contribution in [3.05, 3.63) is 41.8 Å². The topological polar surface area (TPSA) is 72.1 Å². The van der Waals surface area contributed by atoms with E-state index < -0.39 is 5.41 Å². The van der Waals surface area contributed by atoms with Gasteiger partial charge in [-0.1, -0.05) is 11.6 Å². The molecule has 2 fully saturated rings. The van der Waals surface area contributed by atoms with Crippen molar-refractivity contribution in [2.24, 2.45) is 0 Å². The molecule has 120 valence electrons. The van der Waals surface area contributed by atoms with Crippen molar-refractivity contribution in [1.82, 2.24) is 20.0 Å². The van der Waals surface area contributed by atoms with Gasteiger partial charge in [-0.15, -0.1) is 0 Å². The van der Waals surface area contributed by atoms with E-state index in [2.05, 4.69) is 15.1 Å². The van der Waals surface area contributed by atoms with E-state index >= 15 is 0 Å². The fourth-order valence-electron chi connectivity index (χ4n) is 3.70. The molecule has 1 saturated heterocycles. The van der Waals surface area contributed by atoms with Crippen LogP contribution in [0.25, 0.3) is 0 Å². The number of hydrogen-bond donors (Lipinski definition) is 0. The largest absolute Gasteiger partial charge is 0.345 e. The Bertz CT molecular complexity index is 738. The molecule has 2 aromatic rings. The van der Waals surface area contributed by atoms with Gasteiger partial charge in [-0.05, 0) is 43.9 Å². The Balaban J connectivity index is 1.72. The maximum atomic E-state index is 12.4. The molecule has 23 heavy (non-hydrogen) atoms. The van der Waals surface area contributed by atoms with Crippen LogP contribution < -0.4 is 0 Å². The molecular formula is C17H20N4O2. The van der Waals surface area contributed by atoms with Crippen molar-refractivity contribution >= 4 is 5.91 Å². The summed E-state index contributed by atoms with van der Waals surface area (Å²) in [7, 11) is 1.81. The van der Waals surface area contributed by atoms with E-state index in [0.717, 1.165) is 25.8 Å². The molecule has 0 radical (unpaired) electrons. The van der Waals surface area contributed by atoms with Gasteiger partial charge >= 0.3 is 0 Å². The SMILES string of the molecule is CN1CCC(C)(c2nc(C3(c4ccncc4)CCC3)no2)C1=O. The number of amides is 1. The summed E-state index contributed by atoms with van der Waals surface area (Å²) in [5, 5.41) is 4.26. The molecule has 1 saturated carbocycles. The smallest absolute Gasteiger partial charge is 0.242 e. The van der Waals surface area contributed by atoms with E-state index in [1.165, 1.54) is 5.56 Å². The minimum absolute atomic E-state index is 0.0549. The zero-order valence-electron chi connectivity index (χ0n) is 13.5. The number of pyridine rings is 1. The lowest BCUT2D eigenvalue weighted by molar-refractivity contribution is -0.131. The van der Waals surface area contributed by atoms with Gasteiger partial charge in [0, 0.05) is 26.0 Å². The van der Waals surface area contributed by atoms with E-state index in [0.29, 0.717) is 18.1 Å². The second-order valence-electron chi connectivity index (χ2n) is 6.90. The number of carbonyl (C=O) groups excluding carboxylic acids is 1. The van der Waals surface area contributed by atoms with Crippen LogP contribution in [0.5, 0.6) is 0 Å². The van der Waals surface area contributed by atoms with Crippen LogP contribution in [-0.2, 0) is 15.6 Å². The predicted octanol–water partition coefficient (Wildman–Crippen LogP) is 2.05. The molecule has 2 aromatic heterocycles. The van der Waals surface area contributed by atoms with Gasteiger partial charge in [0.2, 0.25) is 11.8 Å². The Morgan fingerprint density at radius 3 is 2.52 bits per heavy atom. The van der Waals surface area contributed by atoms with Gasteiger partial charge in [0.05, 0.1) is 5.41 Å². The number of rotatable bonds is 3. The molecule has 1 amide bonds. The highest BCUT2D eigenvalue weighted by Crippen LogP contribution is 2.48. The first-order valence-electron chi connectivity index (χ1n) is 8.07. The highest BCUT2D eigenvalue weighted by molar-refractivity contribution is 5.88. The van der Waals surface area contributed by atoms with Crippen LogP contribution in [0, 0.1) is 0 Å². The lowest BCUT2D eigenvalue weighted by Crippen LogP contribution is -2.37. The predicted molar refractivity (Wildman–Crippen MR) is 82.8 cm³/mol. The summed E-state index contributed by atoms with van der Waals surface area (Å²) >= 11 is 0. The van der Waals surface area contributed by atoms with Gasteiger partial charge in [0.1, 0.15) is 5.41 Å². The lowest BCUT2D eigenvalue weighted by Gasteiger charge is -2.39. The molecule has 1 aliphatic carbocycles. The van der Waals surface area contributed by atoms with Gasteiger partial charge < -0.3 is 9.42 Å². The van der Waals surface area contributed by atoms with E-state index in [1.807, 2.05) is 26.1 Å². The third-order valence-electron chi connectivity index (χ3n) is 5.53. The summed E-state index contributed by atoms with van der Waals surface area (Å²) in [5.41, 5.74) is 0.295. The van der Waals surface area contributed by atoms with E-state index in [-0.39, 0.29) is 11.3 Å². The average Bonchev–Trinajstić information content (AvgIpc) is 3.10. The van der Waals surface area contributed by atoms with Crippen LogP contribution in [0.3, 0.4) is 0 Å². The summed E-state index contributed by atoms with van der Waals surface area (Å²) in [4.78, 5) is 22.9. The molecule has 6 heteroatoms. The number of aromatic nitrogens is 3. The highest BCUT2D eigenvalue weighted by atomic mass is 16.5. The second kappa shape index (κ2) is 4.88. The zero-order valence-corrected chi connectivity index (χ0v) is 13.5. The zero-order chi connectivity index (χ0) is 16.1. The van der Waals surface area contributed by atoms with Crippen molar-refractivity contribution in [2.45, 2.75) is 43.4 Å². The maximum absolute atomic E-state index is 12.4. The monoisotopic (exact) mass is 312 g/mol. The average molecular weight is 312 g/mol. The van der Waals surface area contributed by atoms with Crippen LogP contribution in [0.15, 0.2) is 29.0 Å². The fraction of sp³-hybridized carbons (Fsp3) is 0.529. The maximum Gasteiger partial charge on any atom is 0.242 e. The van der Waals surface area contributed by atoms with Gasteiger partial charge in [0.15, 0.2) is 5.82 Å². The minimum atomic E-state index is -0.691. The molecule has 4 rings (SSSR count). The summed E-state index contributed by atoms with van der Waals surface area (Å²) in [5.74, 6) is 1.20. The van der Waals surface area contributed by atoms with Crippen molar-refractivity contribution in [2.75, 3.05) is 13.6 Å². The number of likely N-dealkylation sites (N-methyl/N-ethyl adjacent to an activating group) is 1. The summed E-state index contributed by atoms with van der Waals surface area (Å²) in [6.07, 6.45) is 7.46. The lowest BCUT2D eigenvalue weighted by atomic mass is 9.64. The van der Waals surface area contributed by atoms with E-state index in [4.69, 9.17) is 4.52 Å². The number of carbonyl (C=O) groups is 1. The van der Waals surface area contributed by atoms with Gasteiger partial charge in [0.25, 0.3) is 0 Å². The molecule has 0 N–H and O–H groups in total. The molecule has 0 bridgehead atoms. The Morgan fingerprint density at radius 2 is 1.96 bits per heavy atom. The first-order chi connectivity index (χ1) is 11.1. The third kappa shape index (κ3) is 1.93. The quantitative estimate of drug-likeness (QED) is 0.867. The van der Waals surface area contributed by atoms with Crippen molar-refractivity contribution in [3.8, 4) is 0 Å². The standard InChI is InChI=1S/C17H20N4O2/c1-16(8-11-21(2)15(16)22)14-19-13(20-23-14)17(6-3-7-17)12-4-9-18-10-5-12/h4-5,9-10H,3,6-8,11H2,1-2H3. The van der Waals surface area contributed by atoms with Gasteiger partial charge in [-0.25, -0.2) is 0 Å². The Kier molecular flexibility index (Phi) is 3.04. The Morgan fingerprint density at radius 1 is 1.22 bits per heavy atom. The van der Waals surface area contributed by atoms with Crippen LogP contribution in [0.4, 0.5) is 0 Å². The summed E-state index contributed by atoms with van der Waals surface area (Å²) in [6.45, 7) is 2.62. The molecule has 0 spiro atoms. The van der Waals surface area contributed by atoms with E-state index in [9.17, 15) is 4.79 Å². The number of hydrogen-bond acceptors (Lipinski definition) is 5. The molecule has 2 aliphatic rings. The molecule has 1 aliphatic heterocycles. The molecule has 1 unspecified atom stereocenters. The normalized spacial score (nSPS) is 26.3. The van der Waals surface area contributed by atoms with Crippen molar-refractivity contribution in [3.63, 3.8) is 0 Å². The van der Waals surface area contributed by atoms with Gasteiger partial charge in [-0.3, -0.25) is 9.78 Å². The Labute approximate surface area is 134 Å². The highest BCUT2D eigenvalue weighted by Gasteiger charge is 2.50. The fourth-order valence-corrected chi connectivity index (χ4v) is 3.70.